The van der Waals surface area contributed by atoms with Gasteiger partial charge in [0.15, 0.2) is 17.4 Å². The summed E-state index contributed by atoms with van der Waals surface area (Å²) in [5, 5.41) is 0. The quantitative estimate of drug-likeness (QED) is 0.143. The Hall–Kier alpha value is -4.40. The first-order valence-electron chi connectivity index (χ1n) is 12.4. The van der Waals surface area contributed by atoms with Crippen molar-refractivity contribution in [1.29, 1.82) is 0 Å². The summed E-state index contributed by atoms with van der Waals surface area (Å²) in [6.07, 6.45) is -2.56. The average Bonchev–Trinajstić information content (AvgIpc) is 2.90. The van der Waals surface area contributed by atoms with Crippen molar-refractivity contribution in [2.24, 2.45) is 0 Å². The Balaban J connectivity index is 1.57. The molecule has 0 aliphatic carbocycles. The van der Waals surface area contributed by atoms with E-state index in [0.29, 0.717) is 17.7 Å². The molecule has 212 valence electrons. The van der Waals surface area contributed by atoms with Crippen molar-refractivity contribution in [1.82, 2.24) is 0 Å². The van der Waals surface area contributed by atoms with Crippen LogP contribution in [0.2, 0.25) is 0 Å². The molecule has 1 nitrogen and oxygen atoms in total. The topological polar surface area (TPSA) is 9.23 Å². The van der Waals surface area contributed by atoms with Crippen LogP contribution >= 0.6 is 0 Å². The molecule has 0 aromatic heterocycles. The van der Waals surface area contributed by atoms with Crippen LogP contribution in [0.4, 0.5) is 35.1 Å². The van der Waals surface area contributed by atoms with Crippen molar-refractivity contribution in [3.63, 3.8) is 0 Å². The van der Waals surface area contributed by atoms with Gasteiger partial charge in [0.2, 0.25) is 0 Å². The van der Waals surface area contributed by atoms with Crippen molar-refractivity contribution >= 4 is 0 Å². The zero-order chi connectivity index (χ0) is 29.7. The number of aryl methyl sites for hydroxylation is 1. The van der Waals surface area contributed by atoms with E-state index in [1.165, 1.54) is 18.2 Å². The maximum Gasteiger partial charge on any atom is 0.425 e. The lowest BCUT2D eigenvalue weighted by molar-refractivity contribution is -0.137. The molecule has 0 atom stereocenters. The van der Waals surface area contributed by atoms with Gasteiger partial charge in [0.25, 0.3) is 6.08 Å². The van der Waals surface area contributed by atoms with Gasteiger partial charge in [-0.15, -0.1) is 0 Å². The molecule has 0 N–H and O–H groups in total. The number of benzene rings is 4. The van der Waals surface area contributed by atoms with E-state index in [-0.39, 0.29) is 22.3 Å². The summed E-state index contributed by atoms with van der Waals surface area (Å²) in [5.74, 6) is -6.53. The third-order valence-electron chi connectivity index (χ3n) is 6.20. The fraction of sp³-hybridized carbons (Fsp3) is 0.125. The molecule has 4 aromatic carbocycles. The molecule has 4 rings (SSSR count). The molecule has 9 heteroatoms. The number of halogens is 8. The Labute approximate surface area is 231 Å². The smallest absolute Gasteiger partial charge is 0.423 e. The van der Waals surface area contributed by atoms with Crippen LogP contribution in [0.1, 0.15) is 18.9 Å². The fourth-order valence-corrected chi connectivity index (χ4v) is 4.23. The number of hydrogen-bond acceptors (Lipinski definition) is 1. The SMILES string of the molecule is C/C=C/CCc1ccc(-c2ccc(-c3ccc(-c4cc(F)c(OC(F)(F)C=C(F)F)c(F)c4)c(F)c3)c(F)c2)cc1. The first kappa shape index (κ1) is 29.6. The predicted octanol–water partition coefficient (Wildman–Crippen LogP) is 10.5. The second kappa shape index (κ2) is 12.4. The van der Waals surface area contributed by atoms with Crippen molar-refractivity contribution in [3.8, 4) is 39.1 Å². The molecule has 0 aliphatic rings. The van der Waals surface area contributed by atoms with Crippen molar-refractivity contribution in [2.75, 3.05) is 0 Å². The van der Waals surface area contributed by atoms with Crippen LogP contribution < -0.4 is 4.74 Å². The van der Waals surface area contributed by atoms with Gasteiger partial charge in [-0.2, -0.15) is 17.6 Å². The summed E-state index contributed by atoms with van der Waals surface area (Å²) < 4.78 is 114. The highest BCUT2D eigenvalue weighted by Crippen LogP contribution is 2.36. The standard InChI is InChI=1S/C32H22F8O/c1-2-3-4-5-19-6-8-20(9-7-19)21-10-12-24(26(33)14-21)22-11-13-25(27(34)15-22)23-16-28(35)31(29(36)17-23)41-32(39,40)18-30(37)38/h2-3,6-18H,4-5H2,1H3/b3-2+. The first-order valence-corrected chi connectivity index (χ1v) is 12.4. The minimum absolute atomic E-state index is 0.0821. The molecule has 0 spiro atoms. The van der Waals surface area contributed by atoms with E-state index in [0.717, 1.165) is 36.1 Å². The minimum atomic E-state index is -4.69. The highest BCUT2D eigenvalue weighted by atomic mass is 19.3. The molecule has 4 aromatic rings. The Bertz CT molecular complexity index is 1580. The van der Waals surface area contributed by atoms with Gasteiger partial charge >= 0.3 is 6.11 Å². The molecule has 0 amide bonds. The van der Waals surface area contributed by atoms with E-state index < -0.39 is 47.3 Å². The summed E-state index contributed by atoms with van der Waals surface area (Å²) in [6, 6.07) is 16.7. The highest BCUT2D eigenvalue weighted by Gasteiger charge is 2.33. The third-order valence-corrected chi connectivity index (χ3v) is 6.20. The Morgan fingerprint density at radius 1 is 0.683 bits per heavy atom. The van der Waals surface area contributed by atoms with Crippen LogP contribution in [0.15, 0.2) is 97.1 Å². The summed E-state index contributed by atoms with van der Waals surface area (Å²) in [5.41, 5.74) is 2.10. The number of rotatable bonds is 9. The van der Waals surface area contributed by atoms with E-state index >= 15 is 8.78 Å². The largest absolute Gasteiger partial charge is 0.425 e. The van der Waals surface area contributed by atoms with Crippen LogP contribution in [-0.2, 0) is 6.42 Å². The number of allylic oxidation sites excluding steroid dienone is 2. The van der Waals surface area contributed by atoms with Gasteiger partial charge in [-0.25, -0.2) is 17.6 Å². The molecule has 0 radical (unpaired) electrons. The van der Waals surface area contributed by atoms with E-state index in [1.807, 2.05) is 37.3 Å². The molecule has 0 unspecified atom stereocenters. The normalized spacial score (nSPS) is 11.6. The average molecular weight is 575 g/mol. The Morgan fingerprint density at radius 2 is 1.20 bits per heavy atom. The minimum Gasteiger partial charge on any atom is -0.423 e. The molecule has 0 fully saturated rings. The summed E-state index contributed by atoms with van der Waals surface area (Å²) in [4.78, 5) is 0. The zero-order valence-corrected chi connectivity index (χ0v) is 21.5. The molecule has 0 heterocycles. The van der Waals surface area contributed by atoms with E-state index in [2.05, 4.69) is 10.8 Å². The van der Waals surface area contributed by atoms with Gasteiger partial charge in [-0.1, -0.05) is 60.7 Å². The molecule has 41 heavy (non-hydrogen) atoms. The van der Waals surface area contributed by atoms with Crippen LogP contribution in [0, 0.1) is 23.3 Å². The monoisotopic (exact) mass is 574 g/mol. The molecular weight excluding hydrogens is 552 g/mol. The lowest BCUT2D eigenvalue weighted by atomic mass is 9.96. The van der Waals surface area contributed by atoms with Crippen LogP contribution in [0.25, 0.3) is 33.4 Å². The van der Waals surface area contributed by atoms with Gasteiger partial charge < -0.3 is 4.74 Å². The van der Waals surface area contributed by atoms with E-state index in [9.17, 15) is 26.3 Å². The lowest BCUT2D eigenvalue weighted by Crippen LogP contribution is -2.23. The van der Waals surface area contributed by atoms with Crippen molar-refractivity contribution < 1.29 is 39.9 Å². The number of hydrogen-bond donors (Lipinski definition) is 0. The summed E-state index contributed by atoms with van der Waals surface area (Å²) in [7, 11) is 0. The highest BCUT2D eigenvalue weighted by molar-refractivity contribution is 5.74. The maximum absolute atomic E-state index is 15.1. The Morgan fingerprint density at radius 3 is 1.76 bits per heavy atom. The molecule has 0 aliphatic heterocycles. The van der Waals surface area contributed by atoms with Gasteiger partial charge in [0.1, 0.15) is 11.6 Å². The fourth-order valence-electron chi connectivity index (χ4n) is 4.23. The lowest BCUT2D eigenvalue weighted by Gasteiger charge is -2.16. The maximum atomic E-state index is 15.1. The van der Waals surface area contributed by atoms with Gasteiger partial charge in [-0.3, -0.25) is 0 Å². The molecule has 0 saturated heterocycles. The van der Waals surface area contributed by atoms with E-state index in [4.69, 9.17) is 0 Å². The summed E-state index contributed by atoms with van der Waals surface area (Å²) >= 11 is 0. The second-order valence-corrected chi connectivity index (χ2v) is 9.06. The zero-order valence-electron chi connectivity index (χ0n) is 21.5. The van der Waals surface area contributed by atoms with Gasteiger partial charge in [0, 0.05) is 11.1 Å². The Kier molecular flexibility index (Phi) is 8.95. The van der Waals surface area contributed by atoms with Gasteiger partial charge in [0.05, 0.1) is 6.08 Å². The van der Waals surface area contributed by atoms with Crippen LogP contribution in [0.3, 0.4) is 0 Å². The molecule has 0 bridgehead atoms. The van der Waals surface area contributed by atoms with Crippen LogP contribution in [0.5, 0.6) is 5.75 Å². The molecular formula is C32H22F8O. The molecule has 0 saturated carbocycles. The third kappa shape index (κ3) is 7.22. The predicted molar refractivity (Wildman–Crippen MR) is 142 cm³/mol. The van der Waals surface area contributed by atoms with Crippen molar-refractivity contribution in [2.45, 2.75) is 25.9 Å². The second-order valence-electron chi connectivity index (χ2n) is 9.06. The van der Waals surface area contributed by atoms with Crippen LogP contribution in [-0.4, -0.2) is 6.11 Å². The number of alkyl halides is 2. The van der Waals surface area contributed by atoms with E-state index in [1.54, 1.807) is 6.07 Å². The summed E-state index contributed by atoms with van der Waals surface area (Å²) in [6.45, 7) is 1.96. The van der Waals surface area contributed by atoms with Gasteiger partial charge in [-0.05, 0) is 71.8 Å². The first-order chi connectivity index (χ1) is 19.5. The number of ether oxygens (including phenoxy) is 1. The van der Waals surface area contributed by atoms with Crippen molar-refractivity contribution in [3.05, 3.63) is 126 Å².